The second-order valence-electron chi connectivity index (χ2n) is 3.80. The zero-order chi connectivity index (χ0) is 14.1. The van der Waals surface area contributed by atoms with Gasteiger partial charge in [0.1, 0.15) is 6.54 Å². The van der Waals surface area contributed by atoms with Crippen LogP contribution in [0.5, 0.6) is 0 Å². The van der Waals surface area contributed by atoms with E-state index in [4.69, 9.17) is 24.4 Å². The first-order valence-electron chi connectivity index (χ1n) is 5.82. The fourth-order valence-corrected chi connectivity index (χ4v) is 1.61. The molecule has 0 saturated carbocycles. The molecule has 0 radical (unpaired) electrons. The highest BCUT2D eigenvalue weighted by molar-refractivity contribution is 7.80. The fourth-order valence-electron chi connectivity index (χ4n) is 1.41. The fraction of sp³-hybridized carbons (Fsp3) is 0.308. The van der Waals surface area contributed by atoms with Gasteiger partial charge in [-0.2, -0.15) is 0 Å². The summed E-state index contributed by atoms with van der Waals surface area (Å²) < 4.78 is 0. The van der Waals surface area contributed by atoms with E-state index in [1.54, 1.807) is 6.20 Å². The Morgan fingerprint density at radius 1 is 1.63 bits per heavy atom. The van der Waals surface area contributed by atoms with Crippen LogP contribution in [0.25, 0.3) is 0 Å². The number of nitrogens with one attached hydrogen (secondary N) is 2. The Kier molecular flexibility index (Phi) is 6.33. The minimum atomic E-state index is 0.212. The lowest BCUT2D eigenvalue weighted by Crippen LogP contribution is -2.43. The Balaban J connectivity index is 2.32. The molecule has 1 heterocycles. The van der Waals surface area contributed by atoms with Crippen LogP contribution < -0.4 is 16.4 Å². The molecule has 5 nitrogen and oxygen atoms in total. The van der Waals surface area contributed by atoms with E-state index >= 15 is 0 Å². The van der Waals surface area contributed by atoms with Gasteiger partial charge in [-0.25, -0.2) is 4.99 Å². The van der Waals surface area contributed by atoms with Gasteiger partial charge in [-0.3, -0.25) is 4.98 Å². The highest BCUT2D eigenvalue weighted by Gasteiger charge is 2.00. The average Bonchev–Trinajstić information content (AvgIpc) is 2.38. The molecule has 0 fully saturated rings. The van der Waals surface area contributed by atoms with Crippen molar-refractivity contribution in [3.63, 3.8) is 0 Å². The van der Waals surface area contributed by atoms with Crippen molar-refractivity contribution in [1.29, 1.82) is 0 Å². The summed E-state index contributed by atoms with van der Waals surface area (Å²) in [6, 6.07) is 3.95. The van der Waals surface area contributed by atoms with E-state index < -0.39 is 0 Å². The van der Waals surface area contributed by atoms with Crippen LogP contribution in [0.15, 0.2) is 23.3 Å². The number of nitrogens with zero attached hydrogens (tertiary/aromatic N) is 2. The molecule has 1 aromatic rings. The standard InChI is InChI=1S/C13H17N5S/c1-3-7-16-12(14)18-13(19)17-9-6-11-10(2)5-4-8-15-11/h1,4-5,8H,6-7,9H2,2H3,(H4,14,16,17,18,19). The van der Waals surface area contributed by atoms with E-state index in [1.165, 1.54) is 5.56 Å². The third kappa shape index (κ3) is 5.84. The highest BCUT2D eigenvalue weighted by Crippen LogP contribution is 2.02. The summed E-state index contributed by atoms with van der Waals surface area (Å²) in [5, 5.41) is 6.20. The first kappa shape index (κ1) is 14.9. The second kappa shape index (κ2) is 8.06. The summed E-state index contributed by atoms with van der Waals surface area (Å²) in [7, 11) is 0. The number of thiocarbonyl (C=S) groups is 1. The first-order chi connectivity index (χ1) is 9.13. The molecule has 100 valence electrons. The van der Waals surface area contributed by atoms with Gasteiger partial charge in [-0.1, -0.05) is 12.0 Å². The van der Waals surface area contributed by atoms with Crippen LogP contribution in [0.1, 0.15) is 11.3 Å². The third-order valence-corrected chi connectivity index (χ3v) is 2.59. The first-order valence-corrected chi connectivity index (χ1v) is 6.23. The Morgan fingerprint density at radius 3 is 3.11 bits per heavy atom. The molecule has 0 aliphatic rings. The van der Waals surface area contributed by atoms with Gasteiger partial charge in [0.25, 0.3) is 0 Å². The molecule has 1 aromatic heterocycles. The van der Waals surface area contributed by atoms with Gasteiger partial charge in [0.2, 0.25) is 0 Å². The van der Waals surface area contributed by atoms with Gasteiger partial charge in [0.05, 0.1) is 0 Å². The van der Waals surface area contributed by atoms with Crippen molar-refractivity contribution >= 4 is 23.3 Å². The lowest BCUT2D eigenvalue weighted by Gasteiger charge is -2.10. The summed E-state index contributed by atoms with van der Waals surface area (Å²) >= 11 is 5.07. The van der Waals surface area contributed by atoms with Crippen LogP contribution >= 0.6 is 12.2 Å². The number of aromatic nitrogens is 1. The van der Waals surface area contributed by atoms with Crippen LogP contribution in [0.4, 0.5) is 0 Å². The van der Waals surface area contributed by atoms with Gasteiger partial charge >= 0.3 is 0 Å². The third-order valence-electron chi connectivity index (χ3n) is 2.35. The van der Waals surface area contributed by atoms with E-state index in [2.05, 4.69) is 26.5 Å². The summed E-state index contributed by atoms with van der Waals surface area (Å²) in [4.78, 5) is 8.17. The van der Waals surface area contributed by atoms with Gasteiger partial charge in [0, 0.05) is 24.9 Å². The predicted molar refractivity (Wildman–Crippen MR) is 81.7 cm³/mol. The summed E-state index contributed by atoms with van der Waals surface area (Å²) in [6.07, 6.45) is 7.64. The number of aryl methyl sites for hydroxylation is 1. The highest BCUT2D eigenvalue weighted by atomic mass is 32.1. The van der Waals surface area contributed by atoms with Crippen LogP contribution in [0.2, 0.25) is 0 Å². The van der Waals surface area contributed by atoms with E-state index in [0.717, 1.165) is 12.1 Å². The number of pyridine rings is 1. The molecule has 0 bridgehead atoms. The molecule has 4 N–H and O–H groups in total. The average molecular weight is 275 g/mol. The minimum absolute atomic E-state index is 0.212. The van der Waals surface area contributed by atoms with Crippen LogP contribution in [0.3, 0.4) is 0 Å². The molecule has 1 rings (SSSR count). The van der Waals surface area contributed by atoms with Crippen LogP contribution in [-0.2, 0) is 6.42 Å². The number of rotatable bonds is 4. The van der Waals surface area contributed by atoms with E-state index in [9.17, 15) is 0 Å². The molecule has 0 aliphatic heterocycles. The van der Waals surface area contributed by atoms with Crippen LogP contribution in [0, 0.1) is 19.3 Å². The number of guanidine groups is 1. The second-order valence-corrected chi connectivity index (χ2v) is 4.21. The molecular formula is C13H17N5S. The Labute approximate surface area is 118 Å². The van der Waals surface area contributed by atoms with Crippen LogP contribution in [-0.4, -0.2) is 29.1 Å². The number of hydrogen-bond donors (Lipinski definition) is 3. The van der Waals surface area contributed by atoms with Crippen molar-refractivity contribution < 1.29 is 0 Å². The number of aliphatic imine (C=N–C) groups is 1. The molecule has 0 unspecified atom stereocenters. The smallest absolute Gasteiger partial charge is 0.195 e. The van der Waals surface area contributed by atoms with Crippen molar-refractivity contribution in [2.24, 2.45) is 10.7 Å². The van der Waals surface area contributed by atoms with Crippen molar-refractivity contribution in [3.8, 4) is 12.3 Å². The minimum Gasteiger partial charge on any atom is -0.370 e. The zero-order valence-electron chi connectivity index (χ0n) is 10.8. The normalized spacial score (nSPS) is 10.6. The molecule has 0 amide bonds. The predicted octanol–water partition coefficient (Wildman–Crippen LogP) is 0.345. The Morgan fingerprint density at radius 2 is 2.42 bits per heavy atom. The molecule has 0 spiro atoms. The maximum Gasteiger partial charge on any atom is 0.195 e. The van der Waals surface area contributed by atoms with Crippen molar-refractivity contribution in [1.82, 2.24) is 15.6 Å². The quantitative estimate of drug-likeness (QED) is 0.320. The molecule has 0 aliphatic carbocycles. The molecule has 0 aromatic carbocycles. The summed E-state index contributed by atoms with van der Waals surface area (Å²) in [6.45, 7) is 2.93. The van der Waals surface area contributed by atoms with Gasteiger partial charge in [0.15, 0.2) is 11.1 Å². The number of terminal acetylenes is 1. The van der Waals surface area contributed by atoms with Crippen molar-refractivity contribution in [2.75, 3.05) is 13.1 Å². The maximum absolute atomic E-state index is 5.57. The number of hydrogen-bond acceptors (Lipinski definition) is 3. The lowest BCUT2D eigenvalue weighted by atomic mass is 10.2. The van der Waals surface area contributed by atoms with Gasteiger partial charge in [-0.05, 0) is 30.8 Å². The van der Waals surface area contributed by atoms with Gasteiger partial charge in [-0.15, -0.1) is 6.42 Å². The monoisotopic (exact) mass is 275 g/mol. The topological polar surface area (TPSA) is 75.3 Å². The van der Waals surface area contributed by atoms with E-state index in [0.29, 0.717) is 11.7 Å². The number of nitrogens with two attached hydrogens (primary N) is 1. The van der Waals surface area contributed by atoms with Gasteiger partial charge < -0.3 is 16.4 Å². The molecule has 0 atom stereocenters. The SMILES string of the molecule is C#CCN=C(N)NC(=S)NCCc1ncccc1C. The molecular weight excluding hydrogens is 258 g/mol. The largest absolute Gasteiger partial charge is 0.370 e. The van der Waals surface area contributed by atoms with Crippen molar-refractivity contribution in [2.45, 2.75) is 13.3 Å². The molecule has 0 saturated heterocycles. The zero-order valence-corrected chi connectivity index (χ0v) is 11.6. The molecule has 19 heavy (non-hydrogen) atoms. The van der Waals surface area contributed by atoms with E-state index in [1.807, 2.05) is 19.1 Å². The Hall–Kier alpha value is -2.13. The summed E-state index contributed by atoms with van der Waals surface area (Å²) in [5.41, 5.74) is 7.78. The maximum atomic E-state index is 5.57. The summed E-state index contributed by atoms with van der Waals surface area (Å²) in [5.74, 6) is 2.58. The molecule has 6 heteroatoms. The lowest BCUT2D eigenvalue weighted by molar-refractivity contribution is 0.830. The Bertz CT molecular complexity index is 504. The van der Waals surface area contributed by atoms with E-state index in [-0.39, 0.29) is 12.5 Å². The van der Waals surface area contributed by atoms with Crippen molar-refractivity contribution in [3.05, 3.63) is 29.6 Å².